The summed E-state index contributed by atoms with van der Waals surface area (Å²) >= 11 is 0. The molecule has 0 unspecified atom stereocenters. The number of aromatic nitrogens is 4. The molecule has 2 heterocycles. The molecule has 0 atom stereocenters. The largest absolute Gasteiger partial charge is 0.384 e. The summed E-state index contributed by atoms with van der Waals surface area (Å²) in [6.07, 6.45) is 4.04. The first-order valence-corrected chi connectivity index (χ1v) is 6.93. The topological polar surface area (TPSA) is 66.0 Å². The van der Waals surface area contributed by atoms with Gasteiger partial charge in [-0.3, -0.25) is 4.68 Å². The minimum atomic E-state index is -0.0554. The van der Waals surface area contributed by atoms with Gasteiger partial charge >= 0.3 is 0 Å². The van der Waals surface area contributed by atoms with E-state index in [2.05, 4.69) is 29.1 Å². The van der Waals surface area contributed by atoms with Crippen molar-refractivity contribution in [1.82, 2.24) is 19.9 Å². The van der Waals surface area contributed by atoms with Crippen LogP contribution in [0.1, 0.15) is 44.2 Å². The maximum Gasteiger partial charge on any atom is 0.235 e. The number of nitrogens with zero attached hydrogens (tertiary/aromatic N) is 4. The van der Waals surface area contributed by atoms with E-state index in [0.717, 1.165) is 24.1 Å². The van der Waals surface area contributed by atoms with E-state index in [4.69, 9.17) is 9.26 Å². The molecule has 0 spiro atoms. The van der Waals surface area contributed by atoms with Crippen LogP contribution in [0.3, 0.4) is 0 Å². The Morgan fingerprint density at radius 1 is 1.45 bits per heavy atom. The summed E-state index contributed by atoms with van der Waals surface area (Å²) < 4.78 is 12.5. The molecule has 1 saturated carbocycles. The summed E-state index contributed by atoms with van der Waals surface area (Å²) in [6.45, 7) is 4.86. The Morgan fingerprint density at radius 2 is 2.20 bits per heavy atom. The van der Waals surface area contributed by atoms with Gasteiger partial charge in [-0.1, -0.05) is 19.0 Å². The van der Waals surface area contributed by atoms with E-state index in [9.17, 15) is 0 Å². The van der Waals surface area contributed by atoms with Crippen molar-refractivity contribution in [3.8, 4) is 11.4 Å². The summed E-state index contributed by atoms with van der Waals surface area (Å²) in [4.78, 5) is 4.58. The zero-order valence-corrected chi connectivity index (χ0v) is 12.4. The average molecular weight is 276 g/mol. The molecule has 0 radical (unpaired) electrons. The molecule has 0 bridgehead atoms. The van der Waals surface area contributed by atoms with Gasteiger partial charge in [0.1, 0.15) is 0 Å². The first kappa shape index (κ1) is 13.3. The van der Waals surface area contributed by atoms with Crippen molar-refractivity contribution in [2.45, 2.75) is 38.0 Å². The SMILES string of the molecule is COCC1(c2nc(-c3cn(C)nc3C(C)C)no2)CC1. The highest BCUT2D eigenvalue weighted by molar-refractivity contribution is 5.57. The van der Waals surface area contributed by atoms with E-state index in [0.29, 0.717) is 24.2 Å². The van der Waals surface area contributed by atoms with Gasteiger partial charge < -0.3 is 9.26 Å². The second-order valence-corrected chi connectivity index (χ2v) is 5.89. The average Bonchev–Trinajstić information content (AvgIpc) is 2.88. The fraction of sp³-hybridized carbons (Fsp3) is 0.643. The van der Waals surface area contributed by atoms with E-state index >= 15 is 0 Å². The normalized spacial score (nSPS) is 16.9. The van der Waals surface area contributed by atoms with E-state index in [1.54, 1.807) is 11.8 Å². The van der Waals surface area contributed by atoms with Crippen molar-refractivity contribution < 1.29 is 9.26 Å². The smallest absolute Gasteiger partial charge is 0.235 e. The molecule has 2 aromatic rings. The van der Waals surface area contributed by atoms with Crippen molar-refractivity contribution >= 4 is 0 Å². The Labute approximate surface area is 118 Å². The summed E-state index contributed by atoms with van der Waals surface area (Å²) in [5.74, 6) is 1.63. The molecule has 108 valence electrons. The Hall–Kier alpha value is -1.69. The summed E-state index contributed by atoms with van der Waals surface area (Å²) in [7, 11) is 3.61. The van der Waals surface area contributed by atoms with Crippen LogP contribution < -0.4 is 0 Å². The lowest BCUT2D eigenvalue weighted by Gasteiger charge is -2.06. The first-order chi connectivity index (χ1) is 9.55. The molecule has 3 rings (SSSR count). The predicted octanol–water partition coefficient (Wildman–Crippen LogP) is 2.27. The van der Waals surface area contributed by atoms with Crippen molar-refractivity contribution in [3.05, 3.63) is 17.8 Å². The monoisotopic (exact) mass is 276 g/mol. The molecule has 20 heavy (non-hydrogen) atoms. The van der Waals surface area contributed by atoms with Crippen LogP contribution >= 0.6 is 0 Å². The van der Waals surface area contributed by atoms with Crippen LogP contribution in [-0.2, 0) is 17.2 Å². The van der Waals surface area contributed by atoms with E-state index in [1.807, 2.05) is 13.2 Å². The highest BCUT2D eigenvalue weighted by Crippen LogP contribution is 2.47. The molecule has 0 N–H and O–H groups in total. The molecule has 1 fully saturated rings. The summed E-state index contributed by atoms with van der Waals surface area (Å²) in [5.41, 5.74) is 1.89. The van der Waals surface area contributed by atoms with Gasteiger partial charge in [-0.15, -0.1) is 0 Å². The zero-order chi connectivity index (χ0) is 14.3. The van der Waals surface area contributed by atoms with E-state index in [-0.39, 0.29) is 5.41 Å². The maximum absolute atomic E-state index is 5.46. The standard InChI is InChI=1S/C14H20N4O2/c1-9(2)11-10(7-18(3)16-11)12-15-13(20-17-12)14(5-6-14)8-19-4/h7,9H,5-6,8H2,1-4H3. The van der Waals surface area contributed by atoms with Crippen LogP contribution in [0.5, 0.6) is 0 Å². The molecule has 2 aromatic heterocycles. The van der Waals surface area contributed by atoms with Crippen molar-refractivity contribution in [1.29, 1.82) is 0 Å². The van der Waals surface area contributed by atoms with Gasteiger partial charge in [-0.25, -0.2) is 0 Å². The molecule has 6 heteroatoms. The molecule has 0 amide bonds. The Balaban J connectivity index is 1.95. The molecule has 1 aliphatic rings. The van der Waals surface area contributed by atoms with Gasteiger partial charge in [0.25, 0.3) is 0 Å². The van der Waals surface area contributed by atoms with E-state index < -0.39 is 0 Å². The zero-order valence-electron chi connectivity index (χ0n) is 12.4. The Kier molecular flexibility index (Phi) is 3.12. The molecule has 0 saturated heterocycles. The van der Waals surface area contributed by atoms with Crippen LogP contribution in [0, 0.1) is 0 Å². The quantitative estimate of drug-likeness (QED) is 0.838. The lowest BCUT2D eigenvalue weighted by Crippen LogP contribution is -2.14. The Morgan fingerprint density at radius 3 is 2.80 bits per heavy atom. The molecular formula is C14H20N4O2. The summed E-state index contributed by atoms with van der Waals surface area (Å²) in [6, 6.07) is 0. The molecule has 1 aliphatic carbocycles. The second kappa shape index (κ2) is 4.70. The van der Waals surface area contributed by atoms with Crippen molar-refractivity contribution in [3.63, 3.8) is 0 Å². The molecular weight excluding hydrogens is 256 g/mol. The number of methoxy groups -OCH3 is 1. The van der Waals surface area contributed by atoms with Crippen molar-refractivity contribution in [2.24, 2.45) is 7.05 Å². The lowest BCUT2D eigenvalue weighted by atomic mass is 10.1. The predicted molar refractivity (Wildman–Crippen MR) is 73.4 cm³/mol. The number of ether oxygens (including phenoxy) is 1. The van der Waals surface area contributed by atoms with E-state index in [1.165, 1.54) is 0 Å². The fourth-order valence-electron chi connectivity index (χ4n) is 2.50. The van der Waals surface area contributed by atoms with Crippen LogP contribution in [0.2, 0.25) is 0 Å². The molecule has 0 aromatic carbocycles. The Bertz CT molecular complexity index is 610. The third kappa shape index (κ3) is 2.14. The fourth-order valence-corrected chi connectivity index (χ4v) is 2.50. The number of hydrogen-bond acceptors (Lipinski definition) is 5. The third-order valence-electron chi connectivity index (χ3n) is 3.80. The van der Waals surface area contributed by atoms with Gasteiger partial charge in [0.15, 0.2) is 0 Å². The second-order valence-electron chi connectivity index (χ2n) is 5.89. The minimum Gasteiger partial charge on any atom is -0.384 e. The first-order valence-electron chi connectivity index (χ1n) is 6.93. The van der Waals surface area contributed by atoms with Gasteiger partial charge in [0.05, 0.1) is 23.3 Å². The lowest BCUT2D eigenvalue weighted by molar-refractivity contribution is 0.155. The minimum absolute atomic E-state index is 0.0554. The van der Waals surface area contributed by atoms with Crippen LogP contribution in [0.25, 0.3) is 11.4 Å². The van der Waals surface area contributed by atoms with Crippen LogP contribution in [0.4, 0.5) is 0 Å². The summed E-state index contributed by atoms with van der Waals surface area (Å²) in [5, 5.41) is 8.62. The third-order valence-corrected chi connectivity index (χ3v) is 3.80. The van der Waals surface area contributed by atoms with Crippen LogP contribution in [0.15, 0.2) is 10.7 Å². The van der Waals surface area contributed by atoms with Gasteiger partial charge in [-0.05, 0) is 18.8 Å². The maximum atomic E-state index is 5.46. The number of hydrogen-bond donors (Lipinski definition) is 0. The van der Waals surface area contributed by atoms with Crippen molar-refractivity contribution in [2.75, 3.05) is 13.7 Å². The number of aryl methyl sites for hydroxylation is 1. The van der Waals surface area contributed by atoms with Gasteiger partial charge in [0, 0.05) is 20.4 Å². The number of rotatable bonds is 5. The van der Waals surface area contributed by atoms with Gasteiger partial charge in [0.2, 0.25) is 11.7 Å². The molecule has 6 nitrogen and oxygen atoms in total. The molecule has 0 aliphatic heterocycles. The van der Waals surface area contributed by atoms with Crippen LogP contribution in [-0.4, -0.2) is 33.6 Å². The van der Waals surface area contributed by atoms with Gasteiger partial charge in [-0.2, -0.15) is 10.1 Å². The highest BCUT2D eigenvalue weighted by atomic mass is 16.5. The highest BCUT2D eigenvalue weighted by Gasteiger charge is 2.49.